The average Bonchev–Trinajstić information content (AvgIpc) is 3.28. The molecular formula is C28H30N4O3. The number of hydrogen-bond donors (Lipinski definition) is 2. The molecule has 4 rings (SSSR count). The van der Waals surface area contributed by atoms with E-state index in [1.165, 1.54) is 5.56 Å². The number of nitrogens with zero attached hydrogens (tertiary/aromatic N) is 2. The van der Waals surface area contributed by atoms with E-state index >= 15 is 0 Å². The zero-order valence-electron chi connectivity index (χ0n) is 20.5. The van der Waals surface area contributed by atoms with Crippen molar-refractivity contribution < 1.29 is 14.4 Å². The molecule has 2 N–H and O–H groups in total. The fourth-order valence-corrected chi connectivity index (χ4v) is 4.37. The summed E-state index contributed by atoms with van der Waals surface area (Å²) in [4.78, 5) is 39.0. The Bertz CT molecular complexity index is 1320. The fourth-order valence-electron chi connectivity index (χ4n) is 4.37. The van der Waals surface area contributed by atoms with Crippen LogP contribution in [0.4, 0.5) is 10.5 Å². The number of urea groups is 1. The van der Waals surface area contributed by atoms with Crippen molar-refractivity contribution in [3.8, 4) is 5.69 Å². The summed E-state index contributed by atoms with van der Waals surface area (Å²) in [6.45, 7) is 7.74. The number of rotatable bonds is 7. The van der Waals surface area contributed by atoms with E-state index < -0.39 is 17.8 Å². The lowest BCUT2D eigenvalue weighted by molar-refractivity contribution is -0.127. The summed E-state index contributed by atoms with van der Waals surface area (Å²) >= 11 is 0. The largest absolute Gasteiger partial charge is 0.329 e. The van der Waals surface area contributed by atoms with Crippen LogP contribution >= 0.6 is 0 Å². The smallest absolute Gasteiger partial charge is 0.324 e. The molecule has 180 valence electrons. The molecule has 7 heteroatoms. The Balaban J connectivity index is 1.52. The first-order valence-corrected chi connectivity index (χ1v) is 11.8. The number of nitrogens with one attached hydrogen (secondary N) is 2. The van der Waals surface area contributed by atoms with Gasteiger partial charge in [0.25, 0.3) is 5.91 Å². The highest BCUT2D eigenvalue weighted by atomic mass is 16.2. The summed E-state index contributed by atoms with van der Waals surface area (Å²) in [7, 11) is 0. The lowest BCUT2D eigenvalue weighted by Crippen LogP contribution is -2.38. The van der Waals surface area contributed by atoms with Gasteiger partial charge in [-0.1, -0.05) is 44.2 Å². The average molecular weight is 471 g/mol. The van der Waals surface area contributed by atoms with E-state index in [1.807, 2.05) is 45.0 Å². The van der Waals surface area contributed by atoms with Crippen LogP contribution in [0.15, 0.2) is 60.3 Å². The van der Waals surface area contributed by atoms with Crippen LogP contribution in [0, 0.1) is 13.8 Å². The van der Waals surface area contributed by atoms with Gasteiger partial charge in [0.05, 0.1) is 0 Å². The molecule has 4 amide bonds. The molecule has 0 unspecified atom stereocenters. The Hall–Kier alpha value is -4.13. The lowest BCUT2D eigenvalue weighted by Gasteiger charge is -2.13. The van der Waals surface area contributed by atoms with Gasteiger partial charge in [-0.15, -0.1) is 0 Å². The third-order valence-electron chi connectivity index (χ3n) is 6.31. The zero-order chi connectivity index (χ0) is 25.1. The summed E-state index contributed by atoms with van der Waals surface area (Å²) < 4.78 is 2.11. The first kappa shape index (κ1) is 24.0. The minimum atomic E-state index is -0.607. The Labute approximate surface area is 205 Å². The molecule has 0 aliphatic carbocycles. The van der Waals surface area contributed by atoms with Crippen molar-refractivity contribution >= 4 is 29.6 Å². The number of aromatic nitrogens is 1. The van der Waals surface area contributed by atoms with Gasteiger partial charge < -0.3 is 15.2 Å². The van der Waals surface area contributed by atoms with E-state index in [0.29, 0.717) is 5.69 Å². The number of anilines is 1. The first-order chi connectivity index (χ1) is 16.8. The van der Waals surface area contributed by atoms with Crippen molar-refractivity contribution in [3.05, 3.63) is 88.4 Å². The number of carbonyl (C=O) groups excluding carboxylic acids is 3. The lowest BCUT2D eigenvalue weighted by atomic mass is 10.1. The van der Waals surface area contributed by atoms with Gasteiger partial charge in [-0.3, -0.25) is 9.59 Å². The molecule has 1 aliphatic rings. The van der Waals surface area contributed by atoms with E-state index in [2.05, 4.69) is 46.4 Å². The molecule has 0 bridgehead atoms. The van der Waals surface area contributed by atoms with Gasteiger partial charge >= 0.3 is 6.03 Å². The highest BCUT2D eigenvalue weighted by molar-refractivity contribution is 6.16. The third-order valence-corrected chi connectivity index (χ3v) is 6.31. The molecule has 1 fully saturated rings. The van der Waals surface area contributed by atoms with Crippen molar-refractivity contribution in [2.45, 2.75) is 40.5 Å². The number of para-hydroxylation sites is 1. The van der Waals surface area contributed by atoms with Crippen molar-refractivity contribution in [1.29, 1.82) is 0 Å². The number of aryl methyl sites for hydroxylation is 3. The molecule has 35 heavy (non-hydrogen) atoms. The minimum absolute atomic E-state index is 0.151. The van der Waals surface area contributed by atoms with E-state index in [4.69, 9.17) is 0 Å². The predicted molar refractivity (Wildman–Crippen MR) is 137 cm³/mol. The van der Waals surface area contributed by atoms with Crippen molar-refractivity contribution in [3.63, 3.8) is 0 Å². The Morgan fingerprint density at radius 1 is 1.00 bits per heavy atom. The Morgan fingerprint density at radius 3 is 2.40 bits per heavy atom. The van der Waals surface area contributed by atoms with Gasteiger partial charge in [-0.25, -0.2) is 9.69 Å². The second kappa shape index (κ2) is 10.0. The molecule has 2 heterocycles. The van der Waals surface area contributed by atoms with E-state index in [9.17, 15) is 14.4 Å². The summed E-state index contributed by atoms with van der Waals surface area (Å²) in [6.07, 6.45) is 3.40. The van der Waals surface area contributed by atoms with Crippen LogP contribution in [0.5, 0.6) is 0 Å². The third kappa shape index (κ3) is 4.89. The second-order valence-electron chi connectivity index (χ2n) is 8.62. The second-order valence-corrected chi connectivity index (χ2v) is 8.62. The maximum Gasteiger partial charge on any atom is 0.329 e. The highest BCUT2D eigenvalue weighted by Gasteiger charge is 2.35. The number of imide groups is 1. The monoisotopic (exact) mass is 470 g/mol. The van der Waals surface area contributed by atoms with Crippen molar-refractivity contribution in [2.75, 3.05) is 11.9 Å². The SMILES string of the molecule is CCc1ccc(-n2c(C)cc(/C=C3/NC(=O)N(CC(=O)Nc4ccccc4CC)C3=O)c2C)cc1. The van der Waals surface area contributed by atoms with Crippen LogP contribution in [0.2, 0.25) is 0 Å². The highest BCUT2D eigenvalue weighted by Crippen LogP contribution is 2.24. The number of hydrogen-bond acceptors (Lipinski definition) is 3. The number of amides is 4. The number of carbonyl (C=O) groups is 3. The molecule has 1 saturated heterocycles. The zero-order valence-corrected chi connectivity index (χ0v) is 20.5. The summed E-state index contributed by atoms with van der Waals surface area (Å²) in [5.41, 5.74) is 6.91. The number of benzene rings is 2. The summed E-state index contributed by atoms with van der Waals surface area (Å²) in [5.74, 6) is -0.949. The molecule has 0 spiro atoms. The van der Waals surface area contributed by atoms with Crippen molar-refractivity contribution in [1.82, 2.24) is 14.8 Å². The van der Waals surface area contributed by atoms with Crippen LogP contribution in [0.25, 0.3) is 11.8 Å². The molecular weight excluding hydrogens is 440 g/mol. The minimum Gasteiger partial charge on any atom is -0.324 e. The van der Waals surface area contributed by atoms with Gasteiger partial charge in [0.2, 0.25) is 5.91 Å². The van der Waals surface area contributed by atoms with Gasteiger partial charge in [-0.05, 0) is 73.7 Å². The van der Waals surface area contributed by atoms with E-state index in [0.717, 1.165) is 45.9 Å². The van der Waals surface area contributed by atoms with Crippen LogP contribution in [0.3, 0.4) is 0 Å². The normalized spacial score (nSPS) is 14.5. The van der Waals surface area contributed by atoms with Crippen LogP contribution in [-0.2, 0) is 22.4 Å². The molecule has 1 aromatic heterocycles. The Kier molecular flexibility index (Phi) is 6.87. The maximum atomic E-state index is 13.0. The molecule has 7 nitrogen and oxygen atoms in total. The van der Waals surface area contributed by atoms with Crippen LogP contribution < -0.4 is 10.6 Å². The van der Waals surface area contributed by atoms with E-state index in [-0.39, 0.29) is 12.2 Å². The van der Waals surface area contributed by atoms with Gasteiger partial charge in [-0.2, -0.15) is 0 Å². The summed E-state index contributed by atoms with van der Waals surface area (Å²) in [6, 6.07) is 17.2. The molecule has 3 aromatic rings. The molecule has 2 aromatic carbocycles. The fraction of sp³-hybridized carbons (Fsp3) is 0.250. The van der Waals surface area contributed by atoms with Crippen LogP contribution in [-0.4, -0.2) is 33.9 Å². The Morgan fingerprint density at radius 2 is 1.71 bits per heavy atom. The summed E-state index contributed by atoms with van der Waals surface area (Å²) in [5, 5.41) is 5.42. The van der Waals surface area contributed by atoms with Gasteiger partial charge in [0.15, 0.2) is 0 Å². The first-order valence-electron chi connectivity index (χ1n) is 11.8. The van der Waals surface area contributed by atoms with E-state index in [1.54, 1.807) is 12.1 Å². The quantitative estimate of drug-likeness (QED) is 0.386. The van der Waals surface area contributed by atoms with Gasteiger partial charge in [0, 0.05) is 22.8 Å². The standard InChI is InChI=1S/C28H30N4O3/c1-5-20-11-13-23(14-12-20)32-18(3)15-22(19(32)4)16-25-27(34)31(28(35)30-25)17-26(33)29-24-10-8-7-9-21(24)6-2/h7-16H,5-6,17H2,1-4H3,(H,29,33)(H,30,35)/b25-16+. The molecule has 0 radical (unpaired) electrons. The molecule has 0 saturated carbocycles. The predicted octanol–water partition coefficient (Wildman–Crippen LogP) is 4.75. The van der Waals surface area contributed by atoms with Crippen molar-refractivity contribution in [2.24, 2.45) is 0 Å². The molecule has 1 aliphatic heterocycles. The topological polar surface area (TPSA) is 83.4 Å². The van der Waals surface area contributed by atoms with Crippen LogP contribution in [0.1, 0.15) is 41.9 Å². The maximum absolute atomic E-state index is 13.0. The molecule has 0 atom stereocenters. The van der Waals surface area contributed by atoms with Gasteiger partial charge in [0.1, 0.15) is 12.2 Å².